The van der Waals surface area contributed by atoms with Crippen LogP contribution in [0.2, 0.25) is 0 Å². The van der Waals surface area contributed by atoms with Crippen LogP contribution in [0.5, 0.6) is 5.75 Å². The van der Waals surface area contributed by atoms with E-state index in [2.05, 4.69) is 9.71 Å². The number of pyridine rings is 1. The van der Waals surface area contributed by atoms with Gasteiger partial charge in [-0.3, -0.25) is 4.98 Å². The molecule has 0 bridgehead atoms. The largest absolute Gasteiger partial charge is 0.508 e. The highest BCUT2D eigenvalue weighted by Gasteiger charge is 2.13. The monoisotopic (exact) mass is 278 g/mol. The second-order valence-corrected chi connectivity index (χ2v) is 5.77. The van der Waals surface area contributed by atoms with E-state index in [1.165, 1.54) is 24.3 Å². The van der Waals surface area contributed by atoms with Crippen LogP contribution < -0.4 is 4.72 Å². The van der Waals surface area contributed by atoms with Gasteiger partial charge < -0.3 is 5.11 Å². The van der Waals surface area contributed by atoms with E-state index in [0.717, 1.165) is 5.56 Å². The summed E-state index contributed by atoms with van der Waals surface area (Å²) in [6.45, 7) is 0.294. The minimum absolute atomic E-state index is 0.0576. The fraction of sp³-hybridized carbons (Fsp3) is 0.154. The molecule has 19 heavy (non-hydrogen) atoms. The van der Waals surface area contributed by atoms with Gasteiger partial charge in [0.25, 0.3) is 0 Å². The smallest absolute Gasteiger partial charge is 0.240 e. The second-order valence-electron chi connectivity index (χ2n) is 4.00. The Morgan fingerprint density at radius 2 is 1.89 bits per heavy atom. The topological polar surface area (TPSA) is 79.3 Å². The molecule has 0 spiro atoms. The van der Waals surface area contributed by atoms with Gasteiger partial charge in [0.05, 0.1) is 4.90 Å². The molecule has 0 atom stereocenters. The Kier molecular flexibility index (Phi) is 4.13. The fourth-order valence-electron chi connectivity index (χ4n) is 1.61. The van der Waals surface area contributed by atoms with Crippen molar-refractivity contribution in [2.45, 2.75) is 11.3 Å². The maximum Gasteiger partial charge on any atom is 0.240 e. The normalized spacial score (nSPS) is 11.4. The van der Waals surface area contributed by atoms with E-state index in [1.807, 2.05) is 12.1 Å². The Labute approximate surface area is 112 Å². The Balaban J connectivity index is 1.99. The minimum atomic E-state index is -3.58. The summed E-state index contributed by atoms with van der Waals surface area (Å²) in [4.78, 5) is 3.95. The molecule has 0 amide bonds. The average molecular weight is 278 g/mol. The summed E-state index contributed by atoms with van der Waals surface area (Å²) in [7, 11) is -3.58. The predicted octanol–water partition coefficient (Wildman–Crippen LogP) is 1.31. The molecular formula is C13H14N2O3S. The van der Waals surface area contributed by atoms with Crippen LogP contribution in [0.15, 0.2) is 53.7 Å². The Morgan fingerprint density at radius 3 is 2.58 bits per heavy atom. The minimum Gasteiger partial charge on any atom is -0.508 e. The molecule has 5 nitrogen and oxygen atoms in total. The zero-order chi connectivity index (χ0) is 13.7. The van der Waals surface area contributed by atoms with Gasteiger partial charge >= 0.3 is 0 Å². The third-order valence-electron chi connectivity index (χ3n) is 2.58. The van der Waals surface area contributed by atoms with Crippen LogP contribution >= 0.6 is 0 Å². The van der Waals surface area contributed by atoms with Crippen LogP contribution in [0.3, 0.4) is 0 Å². The van der Waals surface area contributed by atoms with E-state index in [0.29, 0.717) is 13.0 Å². The summed E-state index contributed by atoms with van der Waals surface area (Å²) in [6, 6.07) is 9.25. The third-order valence-corrected chi connectivity index (χ3v) is 4.04. The van der Waals surface area contributed by atoms with E-state index >= 15 is 0 Å². The first kappa shape index (κ1) is 13.5. The van der Waals surface area contributed by atoms with Crippen LogP contribution in [0, 0.1) is 0 Å². The number of aromatic hydroxyl groups is 1. The lowest BCUT2D eigenvalue weighted by Gasteiger charge is -2.07. The molecule has 1 aromatic heterocycles. The molecule has 0 unspecified atom stereocenters. The number of hydrogen-bond donors (Lipinski definition) is 2. The van der Waals surface area contributed by atoms with Crippen LogP contribution in [0.1, 0.15) is 5.56 Å². The number of phenols is 1. The van der Waals surface area contributed by atoms with E-state index < -0.39 is 10.0 Å². The first-order valence-electron chi connectivity index (χ1n) is 5.75. The molecule has 0 fully saturated rings. The molecule has 2 aromatic rings. The van der Waals surface area contributed by atoms with Gasteiger partial charge in [-0.05, 0) is 42.3 Å². The van der Waals surface area contributed by atoms with Gasteiger partial charge in [-0.25, -0.2) is 13.1 Å². The first-order valence-corrected chi connectivity index (χ1v) is 7.24. The van der Waals surface area contributed by atoms with Crippen molar-refractivity contribution >= 4 is 10.0 Å². The molecular weight excluding hydrogens is 264 g/mol. The number of phenolic OH excluding ortho intramolecular Hbond substituents is 1. The summed E-state index contributed by atoms with van der Waals surface area (Å²) in [5.41, 5.74) is 1.01. The molecule has 0 aliphatic rings. The maximum atomic E-state index is 11.9. The molecule has 2 N–H and O–H groups in total. The maximum absolute atomic E-state index is 11.9. The SMILES string of the molecule is O=S(=O)(NCCc1ccncc1)c1cccc(O)c1. The van der Waals surface area contributed by atoms with Gasteiger partial charge in [-0.1, -0.05) is 6.07 Å². The van der Waals surface area contributed by atoms with Gasteiger partial charge in [-0.2, -0.15) is 0 Å². The van der Waals surface area contributed by atoms with Crippen LogP contribution in [0.4, 0.5) is 0 Å². The van der Waals surface area contributed by atoms with Crippen molar-refractivity contribution in [3.05, 3.63) is 54.4 Å². The van der Waals surface area contributed by atoms with Crippen molar-refractivity contribution < 1.29 is 13.5 Å². The fourth-order valence-corrected chi connectivity index (χ4v) is 2.68. The molecule has 1 aromatic carbocycles. The summed E-state index contributed by atoms with van der Waals surface area (Å²) in [6.07, 6.45) is 3.92. The van der Waals surface area contributed by atoms with Gasteiger partial charge in [0.2, 0.25) is 10.0 Å². The van der Waals surface area contributed by atoms with E-state index in [4.69, 9.17) is 0 Å². The predicted molar refractivity (Wildman–Crippen MR) is 71.2 cm³/mol. The molecule has 0 saturated carbocycles. The van der Waals surface area contributed by atoms with E-state index in [9.17, 15) is 13.5 Å². The zero-order valence-corrected chi connectivity index (χ0v) is 11.0. The number of benzene rings is 1. The third kappa shape index (κ3) is 3.77. The average Bonchev–Trinajstić information content (AvgIpc) is 2.40. The van der Waals surface area contributed by atoms with Crippen molar-refractivity contribution in [1.82, 2.24) is 9.71 Å². The Hall–Kier alpha value is -1.92. The molecule has 6 heteroatoms. The lowest BCUT2D eigenvalue weighted by Crippen LogP contribution is -2.25. The molecule has 0 saturated heterocycles. The number of aromatic nitrogens is 1. The molecule has 0 aliphatic carbocycles. The van der Waals surface area contributed by atoms with Crippen molar-refractivity contribution in [3.63, 3.8) is 0 Å². The quantitative estimate of drug-likeness (QED) is 0.864. The molecule has 0 aliphatic heterocycles. The zero-order valence-electron chi connectivity index (χ0n) is 10.2. The number of hydrogen-bond acceptors (Lipinski definition) is 4. The van der Waals surface area contributed by atoms with Crippen molar-refractivity contribution in [1.29, 1.82) is 0 Å². The summed E-state index contributed by atoms with van der Waals surface area (Å²) >= 11 is 0. The molecule has 100 valence electrons. The van der Waals surface area contributed by atoms with Crippen LogP contribution in [0.25, 0.3) is 0 Å². The van der Waals surface area contributed by atoms with E-state index in [-0.39, 0.29) is 10.6 Å². The number of nitrogens with one attached hydrogen (secondary N) is 1. The summed E-state index contributed by atoms with van der Waals surface area (Å²) in [5.74, 6) is -0.0722. The van der Waals surface area contributed by atoms with Crippen LogP contribution in [-0.4, -0.2) is 25.1 Å². The summed E-state index contributed by atoms with van der Waals surface area (Å²) < 4.78 is 26.4. The van der Waals surface area contributed by atoms with Crippen LogP contribution in [-0.2, 0) is 16.4 Å². The number of nitrogens with zero attached hydrogens (tertiary/aromatic N) is 1. The van der Waals surface area contributed by atoms with Gasteiger partial charge in [0, 0.05) is 18.9 Å². The number of rotatable bonds is 5. The van der Waals surface area contributed by atoms with Gasteiger partial charge in [0.15, 0.2) is 0 Å². The Bertz CT molecular complexity index is 642. The first-order chi connectivity index (χ1) is 9.08. The number of sulfonamides is 1. The highest BCUT2D eigenvalue weighted by Crippen LogP contribution is 2.15. The van der Waals surface area contributed by atoms with Crippen molar-refractivity contribution in [2.24, 2.45) is 0 Å². The molecule has 0 radical (unpaired) electrons. The van der Waals surface area contributed by atoms with Crippen molar-refractivity contribution in [2.75, 3.05) is 6.54 Å². The lowest BCUT2D eigenvalue weighted by molar-refractivity contribution is 0.473. The van der Waals surface area contributed by atoms with E-state index in [1.54, 1.807) is 12.4 Å². The highest BCUT2D eigenvalue weighted by molar-refractivity contribution is 7.89. The second kappa shape index (κ2) is 5.81. The highest BCUT2D eigenvalue weighted by atomic mass is 32.2. The molecule has 1 heterocycles. The summed E-state index contributed by atoms with van der Waals surface area (Å²) in [5, 5.41) is 9.28. The van der Waals surface area contributed by atoms with Crippen molar-refractivity contribution in [3.8, 4) is 5.75 Å². The van der Waals surface area contributed by atoms with Gasteiger partial charge in [-0.15, -0.1) is 0 Å². The van der Waals surface area contributed by atoms with Gasteiger partial charge in [0.1, 0.15) is 5.75 Å². The lowest BCUT2D eigenvalue weighted by atomic mass is 10.2. The Morgan fingerprint density at radius 1 is 1.16 bits per heavy atom. The molecule has 2 rings (SSSR count). The standard InChI is InChI=1S/C13H14N2O3S/c16-12-2-1-3-13(10-12)19(17,18)15-9-6-11-4-7-14-8-5-11/h1-5,7-8,10,15-16H,6,9H2.